The Kier molecular flexibility index (Phi) is 4.08. The highest BCUT2D eigenvalue weighted by molar-refractivity contribution is 5.48. The summed E-state index contributed by atoms with van der Waals surface area (Å²) in [5.74, 6) is 0.529. The van der Waals surface area contributed by atoms with Gasteiger partial charge in [0.2, 0.25) is 0 Å². The zero-order valence-electron chi connectivity index (χ0n) is 15.3. The molecule has 0 unspecified atom stereocenters. The molecule has 4 nitrogen and oxygen atoms in total. The van der Waals surface area contributed by atoms with Crippen molar-refractivity contribution in [3.05, 3.63) is 71.3 Å². The average molecular weight is 333 g/mol. The van der Waals surface area contributed by atoms with E-state index in [0.717, 1.165) is 31.9 Å². The SMILES string of the molecule is C=C([CH]N1Cc2nc(C)c(C)c(C)c2C1)C1CN(c2cccnc2)C1. The zero-order chi connectivity index (χ0) is 17.6. The lowest BCUT2D eigenvalue weighted by molar-refractivity contribution is 0.340. The third kappa shape index (κ3) is 2.95. The van der Waals surface area contributed by atoms with Gasteiger partial charge in [0.15, 0.2) is 0 Å². The maximum absolute atomic E-state index is 4.80. The van der Waals surface area contributed by atoms with Gasteiger partial charge in [-0.05, 0) is 49.6 Å². The van der Waals surface area contributed by atoms with Crippen LogP contribution in [0.15, 0.2) is 36.7 Å². The monoisotopic (exact) mass is 333 g/mol. The molecule has 4 heterocycles. The third-order valence-electron chi connectivity index (χ3n) is 5.69. The van der Waals surface area contributed by atoms with Crippen molar-refractivity contribution in [2.75, 3.05) is 18.0 Å². The van der Waals surface area contributed by atoms with E-state index in [0.29, 0.717) is 5.92 Å². The summed E-state index contributed by atoms with van der Waals surface area (Å²) in [4.78, 5) is 13.7. The molecule has 2 aromatic rings. The molecule has 1 fully saturated rings. The smallest absolute Gasteiger partial charge is 0.0595 e. The molecule has 4 heteroatoms. The molecule has 0 bridgehead atoms. The van der Waals surface area contributed by atoms with Gasteiger partial charge in [-0.2, -0.15) is 0 Å². The minimum atomic E-state index is 0.529. The molecule has 0 aliphatic carbocycles. The lowest BCUT2D eigenvalue weighted by atomic mass is 9.91. The number of hydrogen-bond donors (Lipinski definition) is 0. The van der Waals surface area contributed by atoms with Gasteiger partial charge in [-0.15, -0.1) is 0 Å². The summed E-state index contributed by atoms with van der Waals surface area (Å²) in [5.41, 5.74) is 8.93. The lowest BCUT2D eigenvalue weighted by Crippen LogP contribution is -2.48. The van der Waals surface area contributed by atoms with Crippen LogP contribution in [0.25, 0.3) is 0 Å². The first-order valence-corrected chi connectivity index (χ1v) is 8.91. The normalized spacial score (nSPS) is 17.5. The largest absolute Gasteiger partial charge is 0.369 e. The van der Waals surface area contributed by atoms with E-state index in [2.05, 4.69) is 54.7 Å². The van der Waals surface area contributed by atoms with E-state index in [-0.39, 0.29) is 0 Å². The molecule has 25 heavy (non-hydrogen) atoms. The quantitative estimate of drug-likeness (QED) is 0.856. The van der Waals surface area contributed by atoms with Crippen LogP contribution in [0, 0.1) is 33.2 Å². The molecule has 1 saturated heterocycles. The highest BCUT2D eigenvalue weighted by Gasteiger charge is 2.31. The molecule has 0 aromatic carbocycles. The van der Waals surface area contributed by atoms with Gasteiger partial charge in [-0.3, -0.25) is 14.9 Å². The summed E-state index contributed by atoms with van der Waals surface area (Å²) >= 11 is 0. The minimum Gasteiger partial charge on any atom is -0.369 e. The van der Waals surface area contributed by atoms with Crippen LogP contribution >= 0.6 is 0 Å². The predicted octanol–water partition coefficient (Wildman–Crippen LogP) is 3.57. The van der Waals surface area contributed by atoms with Crippen LogP contribution in [-0.4, -0.2) is 28.0 Å². The number of aryl methyl sites for hydroxylation is 1. The molecule has 1 radical (unpaired) electrons. The Balaban J connectivity index is 1.35. The first-order valence-electron chi connectivity index (χ1n) is 8.91. The van der Waals surface area contributed by atoms with Crippen molar-refractivity contribution in [2.45, 2.75) is 33.9 Å². The molecule has 0 atom stereocenters. The molecule has 0 saturated carbocycles. The Labute approximate surface area is 150 Å². The number of rotatable bonds is 4. The second-order valence-electron chi connectivity index (χ2n) is 7.29. The van der Waals surface area contributed by atoms with E-state index in [4.69, 9.17) is 4.98 Å². The highest BCUT2D eigenvalue weighted by atomic mass is 15.2. The van der Waals surface area contributed by atoms with Crippen molar-refractivity contribution >= 4 is 5.69 Å². The van der Waals surface area contributed by atoms with Gasteiger partial charge in [0.05, 0.1) is 24.1 Å². The Morgan fingerprint density at radius 3 is 2.72 bits per heavy atom. The molecule has 2 aliphatic heterocycles. The van der Waals surface area contributed by atoms with Crippen LogP contribution in [-0.2, 0) is 13.1 Å². The highest BCUT2D eigenvalue weighted by Crippen LogP contribution is 2.33. The molecular formula is C21H25N4. The molecular weight excluding hydrogens is 308 g/mol. The fourth-order valence-electron chi connectivity index (χ4n) is 3.76. The van der Waals surface area contributed by atoms with E-state index < -0.39 is 0 Å². The molecule has 4 rings (SSSR count). The molecule has 0 N–H and O–H groups in total. The van der Waals surface area contributed by atoms with E-state index in [1.165, 1.54) is 33.6 Å². The first-order chi connectivity index (χ1) is 12.0. The summed E-state index contributed by atoms with van der Waals surface area (Å²) in [6, 6.07) is 4.11. The van der Waals surface area contributed by atoms with E-state index in [1.807, 2.05) is 18.5 Å². The standard InChI is InChI=1S/C21H25N4/c1-14(18-10-25(11-18)19-6-5-7-22-8-19)9-24-12-20-16(3)15(2)17(4)23-21(20)13-24/h5-9,18H,1,10-13H2,2-4H3. The van der Waals surface area contributed by atoms with Crippen molar-refractivity contribution in [3.63, 3.8) is 0 Å². The second kappa shape index (κ2) is 6.26. The van der Waals surface area contributed by atoms with Crippen LogP contribution in [0.5, 0.6) is 0 Å². The van der Waals surface area contributed by atoms with Crippen molar-refractivity contribution in [3.8, 4) is 0 Å². The van der Waals surface area contributed by atoms with Crippen molar-refractivity contribution in [2.24, 2.45) is 5.92 Å². The zero-order valence-corrected chi connectivity index (χ0v) is 15.3. The minimum absolute atomic E-state index is 0.529. The number of hydrogen-bond acceptors (Lipinski definition) is 4. The van der Waals surface area contributed by atoms with Crippen LogP contribution in [0.2, 0.25) is 0 Å². The van der Waals surface area contributed by atoms with E-state index in [1.54, 1.807) is 0 Å². The maximum Gasteiger partial charge on any atom is 0.0595 e. The molecule has 2 aromatic heterocycles. The van der Waals surface area contributed by atoms with Crippen molar-refractivity contribution < 1.29 is 0 Å². The summed E-state index contributed by atoms with van der Waals surface area (Å²) in [5, 5.41) is 0. The van der Waals surface area contributed by atoms with E-state index >= 15 is 0 Å². The van der Waals surface area contributed by atoms with Gasteiger partial charge in [-0.25, -0.2) is 0 Å². The summed E-state index contributed by atoms with van der Waals surface area (Å²) < 4.78 is 0. The topological polar surface area (TPSA) is 32.3 Å². The molecule has 2 aliphatic rings. The number of anilines is 1. The van der Waals surface area contributed by atoms with Gasteiger partial charge < -0.3 is 4.90 Å². The summed E-state index contributed by atoms with van der Waals surface area (Å²) in [6.07, 6.45) is 3.75. The predicted molar refractivity (Wildman–Crippen MR) is 101 cm³/mol. The Morgan fingerprint density at radius 2 is 2.00 bits per heavy atom. The Morgan fingerprint density at radius 1 is 1.20 bits per heavy atom. The number of fused-ring (bicyclic) bond motifs is 1. The Bertz CT molecular complexity index is 806. The fourth-order valence-corrected chi connectivity index (χ4v) is 3.76. The van der Waals surface area contributed by atoms with Gasteiger partial charge >= 0.3 is 0 Å². The van der Waals surface area contributed by atoms with Crippen LogP contribution in [0.1, 0.15) is 28.1 Å². The van der Waals surface area contributed by atoms with Crippen LogP contribution in [0.3, 0.4) is 0 Å². The maximum atomic E-state index is 4.80. The number of pyridine rings is 2. The molecule has 0 amide bonds. The van der Waals surface area contributed by atoms with Gasteiger partial charge in [0.25, 0.3) is 0 Å². The number of nitrogens with zero attached hydrogens (tertiary/aromatic N) is 4. The van der Waals surface area contributed by atoms with Gasteiger partial charge in [-0.1, -0.05) is 12.2 Å². The molecule has 0 spiro atoms. The van der Waals surface area contributed by atoms with E-state index in [9.17, 15) is 0 Å². The van der Waals surface area contributed by atoms with Gasteiger partial charge in [0.1, 0.15) is 0 Å². The average Bonchev–Trinajstić information content (AvgIpc) is 2.95. The lowest BCUT2D eigenvalue weighted by Gasteiger charge is -2.42. The third-order valence-corrected chi connectivity index (χ3v) is 5.69. The fraction of sp³-hybridized carbons (Fsp3) is 0.381. The summed E-state index contributed by atoms with van der Waals surface area (Å²) in [7, 11) is 0. The second-order valence-corrected chi connectivity index (χ2v) is 7.29. The first kappa shape index (κ1) is 16.3. The molecule has 129 valence electrons. The van der Waals surface area contributed by atoms with Crippen molar-refractivity contribution in [1.29, 1.82) is 0 Å². The van der Waals surface area contributed by atoms with Crippen LogP contribution in [0.4, 0.5) is 5.69 Å². The summed E-state index contributed by atoms with van der Waals surface area (Å²) in [6.45, 7) is 17.0. The van der Waals surface area contributed by atoms with Crippen LogP contribution < -0.4 is 4.90 Å². The van der Waals surface area contributed by atoms with Crippen molar-refractivity contribution in [1.82, 2.24) is 14.9 Å². The van der Waals surface area contributed by atoms with Gasteiger partial charge in [0, 0.05) is 44.0 Å². The Hall–Kier alpha value is -2.20. The number of aromatic nitrogens is 2.